The summed E-state index contributed by atoms with van der Waals surface area (Å²) in [5.74, 6) is 0.896. The van der Waals surface area contributed by atoms with Gasteiger partial charge in [-0.05, 0) is 37.8 Å². The van der Waals surface area contributed by atoms with Crippen LogP contribution in [-0.2, 0) is 6.54 Å². The van der Waals surface area contributed by atoms with Gasteiger partial charge in [0.1, 0.15) is 0 Å². The van der Waals surface area contributed by atoms with Crippen LogP contribution in [0.25, 0.3) is 0 Å². The first-order valence-corrected chi connectivity index (χ1v) is 6.21. The molecule has 0 radical (unpaired) electrons. The highest BCUT2D eigenvalue weighted by molar-refractivity contribution is 7.10. The topological polar surface area (TPSA) is 36.4 Å². The van der Waals surface area contributed by atoms with E-state index < -0.39 is 0 Å². The maximum atomic E-state index is 4.51. The molecule has 1 heterocycles. The predicted molar refractivity (Wildman–Crippen MR) is 67.5 cm³/mol. The highest BCUT2D eigenvalue weighted by atomic mass is 32.1. The van der Waals surface area contributed by atoms with Gasteiger partial charge in [-0.15, -0.1) is 11.3 Å². The molecular formula is C11H19N3S. The number of nitrogens with zero attached hydrogens (tertiary/aromatic N) is 1. The Kier molecular flexibility index (Phi) is 5.18. The average Bonchev–Trinajstić information content (AvgIpc) is 2.61. The summed E-state index contributed by atoms with van der Waals surface area (Å²) < 4.78 is 0. The second-order valence-electron chi connectivity index (χ2n) is 3.25. The molecule has 0 aromatic carbocycles. The smallest absolute Gasteiger partial charge is 0.191 e. The fraction of sp³-hybridized carbons (Fsp3) is 0.545. The molecule has 15 heavy (non-hydrogen) atoms. The van der Waals surface area contributed by atoms with Crippen LogP contribution >= 0.6 is 11.3 Å². The Balaban J connectivity index is 2.56. The number of rotatable bonds is 4. The molecular weight excluding hydrogens is 206 g/mol. The minimum absolute atomic E-state index is 0.763. The molecule has 1 rings (SSSR count). The standard InChI is InChI=1S/C11H19N3S/c1-4-12-11(13-5-2)14-8-10-9(3)6-7-15-10/h6-7H,4-5,8H2,1-3H3,(H2,12,13,14). The molecule has 0 saturated heterocycles. The molecule has 0 aliphatic carbocycles. The zero-order valence-corrected chi connectivity index (χ0v) is 10.4. The first kappa shape index (κ1) is 12.0. The largest absolute Gasteiger partial charge is 0.357 e. The Morgan fingerprint density at radius 3 is 2.47 bits per heavy atom. The molecule has 0 bridgehead atoms. The second-order valence-corrected chi connectivity index (χ2v) is 4.25. The molecule has 2 N–H and O–H groups in total. The van der Waals surface area contributed by atoms with Gasteiger partial charge in [-0.3, -0.25) is 0 Å². The van der Waals surface area contributed by atoms with E-state index in [0.717, 1.165) is 25.6 Å². The summed E-state index contributed by atoms with van der Waals surface area (Å²) in [4.78, 5) is 5.85. The van der Waals surface area contributed by atoms with Crippen molar-refractivity contribution in [2.24, 2.45) is 4.99 Å². The zero-order chi connectivity index (χ0) is 11.1. The normalized spacial score (nSPS) is 9.80. The Hall–Kier alpha value is -1.03. The fourth-order valence-corrected chi connectivity index (χ4v) is 2.06. The minimum atomic E-state index is 0.763. The minimum Gasteiger partial charge on any atom is -0.357 e. The van der Waals surface area contributed by atoms with Gasteiger partial charge in [-0.1, -0.05) is 0 Å². The van der Waals surface area contributed by atoms with Crippen molar-refractivity contribution < 1.29 is 0 Å². The number of hydrogen-bond donors (Lipinski definition) is 2. The van der Waals surface area contributed by atoms with Crippen molar-refractivity contribution in [3.63, 3.8) is 0 Å². The van der Waals surface area contributed by atoms with Gasteiger partial charge in [-0.25, -0.2) is 4.99 Å². The molecule has 0 saturated carbocycles. The van der Waals surface area contributed by atoms with E-state index in [1.54, 1.807) is 11.3 Å². The molecule has 84 valence electrons. The summed E-state index contributed by atoms with van der Waals surface area (Å²) in [5.41, 5.74) is 1.33. The van der Waals surface area contributed by atoms with Crippen LogP contribution in [0.5, 0.6) is 0 Å². The van der Waals surface area contributed by atoms with Crippen LogP contribution in [0.2, 0.25) is 0 Å². The maximum absolute atomic E-state index is 4.51. The Morgan fingerprint density at radius 1 is 1.33 bits per heavy atom. The van der Waals surface area contributed by atoms with Crippen molar-refractivity contribution in [2.45, 2.75) is 27.3 Å². The third-order valence-corrected chi connectivity index (χ3v) is 3.05. The van der Waals surface area contributed by atoms with Crippen LogP contribution < -0.4 is 10.6 Å². The van der Waals surface area contributed by atoms with Crippen molar-refractivity contribution >= 4 is 17.3 Å². The average molecular weight is 225 g/mol. The van der Waals surface area contributed by atoms with Gasteiger partial charge >= 0.3 is 0 Å². The number of nitrogens with one attached hydrogen (secondary N) is 2. The molecule has 1 aromatic heterocycles. The van der Waals surface area contributed by atoms with Crippen LogP contribution in [0.1, 0.15) is 24.3 Å². The molecule has 0 aliphatic heterocycles. The van der Waals surface area contributed by atoms with E-state index in [2.05, 4.69) is 47.8 Å². The van der Waals surface area contributed by atoms with E-state index >= 15 is 0 Å². The van der Waals surface area contributed by atoms with Gasteiger partial charge < -0.3 is 10.6 Å². The van der Waals surface area contributed by atoms with Crippen molar-refractivity contribution in [3.05, 3.63) is 21.9 Å². The van der Waals surface area contributed by atoms with Crippen LogP contribution in [0.15, 0.2) is 16.4 Å². The van der Waals surface area contributed by atoms with Gasteiger partial charge in [-0.2, -0.15) is 0 Å². The SMILES string of the molecule is CCNC(=NCc1sccc1C)NCC. The Bertz CT molecular complexity index is 309. The summed E-state index contributed by atoms with van der Waals surface area (Å²) in [6.07, 6.45) is 0. The number of aliphatic imine (C=N–C) groups is 1. The van der Waals surface area contributed by atoms with E-state index in [1.165, 1.54) is 10.4 Å². The van der Waals surface area contributed by atoms with Crippen LogP contribution in [-0.4, -0.2) is 19.0 Å². The van der Waals surface area contributed by atoms with E-state index in [1.807, 2.05) is 0 Å². The number of guanidine groups is 1. The molecule has 1 aromatic rings. The molecule has 0 unspecified atom stereocenters. The third-order valence-electron chi connectivity index (χ3n) is 2.04. The quantitative estimate of drug-likeness (QED) is 0.608. The highest BCUT2D eigenvalue weighted by Crippen LogP contribution is 2.16. The highest BCUT2D eigenvalue weighted by Gasteiger charge is 1.99. The lowest BCUT2D eigenvalue weighted by atomic mass is 10.3. The lowest BCUT2D eigenvalue weighted by Gasteiger charge is -2.08. The van der Waals surface area contributed by atoms with Gasteiger partial charge in [0.25, 0.3) is 0 Å². The lowest BCUT2D eigenvalue weighted by Crippen LogP contribution is -2.36. The number of thiophene rings is 1. The molecule has 0 atom stereocenters. The second kappa shape index (κ2) is 6.45. The van der Waals surface area contributed by atoms with Gasteiger partial charge in [0.2, 0.25) is 0 Å². The van der Waals surface area contributed by atoms with Crippen molar-refractivity contribution in [3.8, 4) is 0 Å². The molecule has 0 spiro atoms. The number of hydrogen-bond acceptors (Lipinski definition) is 2. The van der Waals surface area contributed by atoms with Crippen molar-refractivity contribution in [1.29, 1.82) is 0 Å². The summed E-state index contributed by atoms with van der Waals surface area (Å²) >= 11 is 1.77. The first-order chi connectivity index (χ1) is 7.27. The Morgan fingerprint density at radius 2 is 2.00 bits per heavy atom. The molecule has 3 nitrogen and oxygen atoms in total. The summed E-state index contributed by atoms with van der Waals surface area (Å²) in [6, 6.07) is 2.13. The summed E-state index contributed by atoms with van der Waals surface area (Å²) in [6.45, 7) is 8.83. The van der Waals surface area contributed by atoms with E-state index in [-0.39, 0.29) is 0 Å². The molecule has 0 fully saturated rings. The van der Waals surface area contributed by atoms with E-state index in [0.29, 0.717) is 0 Å². The van der Waals surface area contributed by atoms with E-state index in [4.69, 9.17) is 0 Å². The summed E-state index contributed by atoms with van der Waals surface area (Å²) in [5, 5.41) is 8.53. The maximum Gasteiger partial charge on any atom is 0.191 e. The van der Waals surface area contributed by atoms with Crippen molar-refractivity contribution in [2.75, 3.05) is 13.1 Å². The van der Waals surface area contributed by atoms with Gasteiger partial charge in [0.05, 0.1) is 6.54 Å². The zero-order valence-electron chi connectivity index (χ0n) is 9.63. The fourth-order valence-electron chi connectivity index (χ4n) is 1.23. The number of aryl methyl sites for hydroxylation is 1. The van der Waals surface area contributed by atoms with Crippen LogP contribution in [0.4, 0.5) is 0 Å². The molecule has 4 heteroatoms. The monoisotopic (exact) mass is 225 g/mol. The van der Waals surface area contributed by atoms with E-state index in [9.17, 15) is 0 Å². The predicted octanol–water partition coefficient (Wildman–Crippen LogP) is 2.13. The van der Waals surface area contributed by atoms with Gasteiger partial charge in [0, 0.05) is 18.0 Å². The first-order valence-electron chi connectivity index (χ1n) is 5.33. The molecule has 0 aliphatic rings. The van der Waals surface area contributed by atoms with Crippen LogP contribution in [0.3, 0.4) is 0 Å². The molecule has 0 amide bonds. The summed E-state index contributed by atoms with van der Waals surface area (Å²) in [7, 11) is 0. The van der Waals surface area contributed by atoms with Crippen LogP contribution in [0, 0.1) is 6.92 Å². The Labute approximate surface area is 95.6 Å². The van der Waals surface area contributed by atoms with Crippen molar-refractivity contribution in [1.82, 2.24) is 10.6 Å². The van der Waals surface area contributed by atoms with Gasteiger partial charge in [0.15, 0.2) is 5.96 Å². The third kappa shape index (κ3) is 3.91. The lowest BCUT2D eigenvalue weighted by molar-refractivity contribution is 0.841.